The number of rotatable bonds is 4. The summed E-state index contributed by atoms with van der Waals surface area (Å²) in [7, 11) is 0. The number of ether oxygens (including phenoxy) is 2. The second kappa shape index (κ2) is 8.30. The smallest absolute Gasteiger partial charge is 0.433 e. The van der Waals surface area contributed by atoms with Crippen molar-refractivity contribution in [3.8, 4) is 11.6 Å². The van der Waals surface area contributed by atoms with Crippen molar-refractivity contribution >= 4 is 12.0 Å². The number of hydrogen-bond donors (Lipinski definition) is 2. The van der Waals surface area contributed by atoms with Gasteiger partial charge in [-0.2, -0.15) is 13.2 Å². The minimum Gasteiger partial charge on any atom is -0.441 e. The number of nitrogens with two attached hydrogens (primary N) is 1. The van der Waals surface area contributed by atoms with Crippen LogP contribution in [0.4, 0.5) is 18.0 Å². The maximum absolute atomic E-state index is 13.1. The number of pyridine rings is 1. The van der Waals surface area contributed by atoms with Gasteiger partial charge in [-0.3, -0.25) is 4.79 Å². The summed E-state index contributed by atoms with van der Waals surface area (Å²) in [5.74, 6) is -0.337. The van der Waals surface area contributed by atoms with Crippen LogP contribution in [0.1, 0.15) is 34.5 Å². The Labute approximate surface area is 181 Å². The zero-order valence-electron chi connectivity index (χ0n) is 16.9. The summed E-state index contributed by atoms with van der Waals surface area (Å²) in [6.45, 7) is 1.13. The molecule has 2 aliphatic rings. The Hall–Kier alpha value is -3.34. The van der Waals surface area contributed by atoms with E-state index < -0.39 is 23.6 Å². The molecule has 0 saturated carbocycles. The Morgan fingerprint density at radius 1 is 1.25 bits per heavy atom. The van der Waals surface area contributed by atoms with E-state index >= 15 is 0 Å². The van der Waals surface area contributed by atoms with E-state index in [0.29, 0.717) is 38.0 Å². The summed E-state index contributed by atoms with van der Waals surface area (Å²) in [5.41, 5.74) is 4.36. The fourth-order valence-electron chi connectivity index (χ4n) is 3.77. The first-order valence-corrected chi connectivity index (χ1v) is 10.00. The van der Waals surface area contributed by atoms with Crippen molar-refractivity contribution in [2.45, 2.75) is 31.2 Å². The van der Waals surface area contributed by atoms with E-state index in [0.717, 1.165) is 6.07 Å². The highest BCUT2D eigenvalue weighted by atomic mass is 19.4. The molecule has 3 heterocycles. The predicted molar refractivity (Wildman–Crippen MR) is 106 cm³/mol. The molecule has 1 aromatic heterocycles. The minimum absolute atomic E-state index is 0.109. The van der Waals surface area contributed by atoms with Crippen LogP contribution >= 0.6 is 0 Å². The van der Waals surface area contributed by atoms with Gasteiger partial charge in [0.05, 0.1) is 6.54 Å². The molecule has 3 N–H and O–H groups in total. The maximum Gasteiger partial charge on any atom is 0.433 e. The number of alkyl halides is 3. The van der Waals surface area contributed by atoms with Crippen molar-refractivity contribution in [2.24, 2.45) is 5.73 Å². The Bertz CT molecular complexity index is 1040. The number of carbonyl (C=O) groups is 2. The van der Waals surface area contributed by atoms with E-state index in [1.165, 1.54) is 18.2 Å². The standard InChI is InChI=1S/C21H21F3N4O4/c22-21(23,24)16-8-13(11-25)9-17(27-16)31-15-3-1-2-14(10-15)18(29)28-6-4-20(5-7-28)12-26-19(30)32-20/h1-3,8-10H,4-7,11-12,25H2,(H,26,30). The molecule has 2 fully saturated rings. The van der Waals surface area contributed by atoms with Crippen LogP contribution in [0, 0.1) is 0 Å². The van der Waals surface area contributed by atoms with Crippen molar-refractivity contribution in [1.29, 1.82) is 0 Å². The molecule has 11 heteroatoms. The van der Waals surface area contributed by atoms with Gasteiger partial charge in [-0.1, -0.05) is 6.07 Å². The molecule has 0 aliphatic carbocycles. The van der Waals surface area contributed by atoms with Gasteiger partial charge in [-0.25, -0.2) is 9.78 Å². The summed E-state index contributed by atoms with van der Waals surface area (Å²) in [4.78, 5) is 29.4. The Kier molecular flexibility index (Phi) is 5.68. The molecule has 1 spiro atoms. The number of amides is 2. The molecule has 32 heavy (non-hydrogen) atoms. The number of nitrogens with one attached hydrogen (secondary N) is 1. The molecule has 4 rings (SSSR count). The molecular weight excluding hydrogens is 429 g/mol. The van der Waals surface area contributed by atoms with Crippen molar-refractivity contribution in [3.63, 3.8) is 0 Å². The quantitative estimate of drug-likeness (QED) is 0.742. The topological polar surface area (TPSA) is 107 Å². The predicted octanol–water partition coefficient (Wildman–Crippen LogP) is 3.07. The van der Waals surface area contributed by atoms with Gasteiger partial charge in [0, 0.05) is 44.1 Å². The number of likely N-dealkylation sites (tertiary alicyclic amines) is 1. The Morgan fingerprint density at radius 3 is 2.62 bits per heavy atom. The highest BCUT2D eigenvalue weighted by molar-refractivity contribution is 5.94. The van der Waals surface area contributed by atoms with E-state index in [-0.39, 0.29) is 29.6 Å². The van der Waals surface area contributed by atoms with Crippen LogP contribution in [0.25, 0.3) is 0 Å². The van der Waals surface area contributed by atoms with Crippen molar-refractivity contribution in [2.75, 3.05) is 19.6 Å². The number of halogens is 3. The first-order chi connectivity index (χ1) is 15.2. The third-order valence-electron chi connectivity index (χ3n) is 5.52. The highest BCUT2D eigenvalue weighted by Gasteiger charge is 2.43. The van der Waals surface area contributed by atoms with Crippen LogP contribution < -0.4 is 15.8 Å². The number of hydrogen-bond acceptors (Lipinski definition) is 6. The largest absolute Gasteiger partial charge is 0.441 e. The number of piperidine rings is 1. The zero-order valence-corrected chi connectivity index (χ0v) is 16.9. The third kappa shape index (κ3) is 4.62. The normalized spacial score (nSPS) is 17.8. The molecule has 1 aromatic carbocycles. The summed E-state index contributed by atoms with van der Waals surface area (Å²) in [6.07, 6.45) is -4.06. The number of nitrogens with zero attached hydrogens (tertiary/aromatic N) is 2. The van der Waals surface area contributed by atoms with Gasteiger partial charge in [0.2, 0.25) is 5.88 Å². The van der Waals surface area contributed by atoms with E-state index in [1.54, 1.807) is 17.0 Å². The van der Waals surface area contributed by atoms with E-state index in [9.17, 15) is 22.8 Å². The average Bonchev–Trinajstić information content (AvgIpc) is 3.13. The number of benzene rings is 1. The molecule has 0 unspecified atom stereocenters. The molecule has 2 amide bonds. The lowest BCUT2D eigenvalue weighted by atomic mass is 9.91. The molecule has 0 radical (unpaired) electrons. The van der Waals surface area contributed by atoms with Gasteiger partial charge in [-0.15, -0.1) is 0 Å². The van der Waals surface area contributed by atoms with E-state index in [4.69, 9.17) is 15.2 Å². The molecule has 8 nitrogen and oxygen atoms in total. The van der Waals surface area contributed by atoms with Crippen molar-refractivity contribution in [3.05, 3.63) is 53.2 Å². The minimum atomic E-state index is -4.64. The Balaban J connectivity index is 1.47. The maximum atomic E-state index is 13.1. The van der Waals surface area contributed by atoms with Gasteiger partial charge >= 0.3 is 12.3 Å². The fraction of sp³-hybridized carbons (Fsp3) is 0.381. The zero-order chi connectivity index (χ0) is 22.9. The fourth-order valence-corrected chi connectivity index (χ4v) is 3.77. The van der Waals surface area contributed by atoms with Gasteiger partial charge in [0.15, 0.2) is 0 Å². The van der Waals surface area contributed by atoms with E-state index in [2.05, 4.69) is 10.3 Å². The third-order valence-corrected chi connectivity index (χ3v) is 5.52. The number of alkyl carbamates (subject to hydrolysis) is 1. The molecule has 2 saturated heterocycles. The van der Waals surface area contributed by atoms with Crippen molar-refractivity contribution in [1.82, 2.24) is 15.2 Å². The van der Waals surface area contributed by atoms with Crippen LogP contribution in [0.3, 0.4) is 0 Å². The number of carbonyl (C=O) groups excluding carboxylic acids is 2. The van der Waals surface area contributed by atoms with Gasteiger partial charge in [0.25, 0.3) is 5.91 Å². The van der Waals surface area contributed by atoms with Crippen LogP contribution in [0.5, 0.6) is 11.6 Å². The van der Waals surface area contributed by atoms with Crippen molar-refractivity contribution < 1.29 is 32.2 Å². The second-order valence-electron chi connectivity index (χ2n) is 7.75. The molecular formula is C21H21F3N4O4. The lowest BCUT2D eigenvalue weighted by Gasteiger charge is -2.37. The highest BCUT2D eigenvalue weighted by Crippen LogP contribution is 2.32. The summed E-state index contributed by atoms with van der Waals surface area (Å²) in [5, 5.41) is 2.64. The number of aromatic nitrogens is 1. The summed E-state index contributed by atoms with van der Waals surface area (Å²) < 4.78 is 50.1. The molecule has 2 aliphatic heterocycles. The van der Waals surface area contributed by atoms with Gasteiger partial charge in [0.1, 0.15) is 17.0 Å². The van der Waals surface area contributed by atoms with Gasteiger partial charge in [-0.05, 0) is 29.8 Å². The Morgan fingerprint density at radius 2 is 2.00 bits per heavy atom. The lowest BCUT2D eigenvalue weighted by molar-refractivity contribution is -0.141. The molecule has 170 valence electrons. The van der Waals surface area contributed by atoms with Crippen LogP contribution in [0.2, 0.25) is 0 Å². The molecule has 0 atom stereocenters. The molecule has 2 aromatic rings. The average molecular weight is 450 g/mol. The van der Waals surface area contributed by atoms with Crippen LogP contribution in [-0.2, 0) is 17.5 Å². The SMILES string of the molecule is NCc1cc(Oc2cccc(C(=O)N3CCC4(CC3)CNC(=O)O4)c2)nc(C(F)(F)F)c1. The van der Waals surface area contributed by atoms with Gasteiger partial charge < -0.3 is 25.4 Å². The first kappa shape index (κ1) is 21.9. The van der Waals surface area contributed by atoms with E-state index in [1.807, 2.05) is 0 Å². The molecule has 0 bridgehead atoms. The monoisotopic (exact) mass is 450 g/mol. The second-order valence-corrected chi connectivity index (χ2v) is 7.75. The summed E-state index contributed by atoms with van der Waals surface area (Å²) >= 11 is 0. The summed E-state index contributed by atoms with van der Waals surface area (Å²) in [6, 6.07) is 8.34. The van der Waals surface area contributed by atoms with Crippen LogP contribution in [0.15, 0.2) is 36.4 Å². The lowest BCUT2D eigenvalue weighted by Crippen LogP contribution is -2.48. The first-order valence-electron chi connectivity index (χ1n) is 10.00. The van der Waals surface area contributed by atoms with Crippen LogP contribution in [-0.4, -0.2) is 47.1 Å².